The van der Waals surface area contributed by atoms with Crippen LogP contribution in [-0.4, -0.2) is 60.1 Å². The molecule has 1 aliphatic rings. The smallest absolute Gasteiger partial charge is 0.409 e. The fourth-order valence-electron chi connectivity index (χ4n) is 1.94. The highest BCUT2D eigenvalue weighted by molar-refractivity contribution is 6.29. The molecule has 2 heterocycles. The van der Waals surface area contributed by atoms with Gasteiger partial charge >= 0.3 is 6.09 Å². The van der Waals surface area contributed by atoms with Gasteiger partial charge in [-0.1, -0.05) is 11.6 Å². The lowest BCUT2D eigenvalue weighted by Crippen LogP contribution is -2.50. The molecule has 0 saturated carbocycles. The van der Waals surface area contributed by atoms with Gasteiger partial charge in [0.2, 0.25) is 0 Å². The molecule has 1 aliphatic heterocycles. The molecule has 1 aromatic rings. The molecule has 1 fully saturated rings. The van der Waals surface area contributed by atoms with Gasteiger partial charge in [0.05, 0.1) is 7.11 Å². The Balaban J connectivity index is 1.98. The maximum Gasteiger partial charge on any atom is 0.409 e. The Morgan fingerprint density at radius 3 is 2.47 bits per heavy atom. The van der Waals surface area contributed by atoms with E-state index >= 15 is 0 Å². The molecule has 0 radical (unpaired) electrons. The Hall–Kier alpha value is -1.82. The molecule has 6 nitrogen and oxygen atoms in total. The van der Waals surface area contributed by atoms with E-state index < -0.39 is 0 Å². The van der Waals surface area contributed by atoms with Gasteiger partial charge in [0.15, 0.2) is 0 Å². The summed E-state index contributed by atoms with van der Waals surface area (Å²) in [5, 5.41) is 0.291. The number of carbonyl (C=O) groups is 2. The van der Waals surface area contributed by atoms with Crippen LogP contribution in [-0.2, 0) is 4.74 Å². The number of ether oxygens (including phenoxy) is 1. The van der Waals surface area contributed by atoms with Gasteiger partial charge in [0.25, 0.3) is 5.91 Å². The number of nitrogens with zero attached hydrogens (tertiary/aromatic N) is 3. The lowest BCUT2D eigenvalue weighted by atomic mass is 10.2. The lowest BCUT2D eigenvalue weighted by molar-refractivity contribution is 0.0599. The fourth-order valence-corrected chi connectivity index (χ4v) is 2.11. The average molecular weight is 284 g/mol. The zero-order valence-corrected chi connectivity index (χ0v) is 11.3. The van der Waals surface area contributed by atoms with E-state index in [-0.39, 0.29) is 12.0 Å². The zero-order valence-electron chi connectivity index (χ0n) is 10.5. The first-order chi connectivity index (χ1) is 9.11. The van der Waals surface area contributed by atoms with E-state index in [4.69, 9.17) is 11.6 Å². The largest absolute Gasteiger partial charge is 0.453 e. The summed E-state index contributed by atoms with van der Waals surface area (Å²) in [5.74, 6) is -0.103. The number of halogens is 1. The van der Waals surface area contributed by atoms with Crippen molar-refractivity contribution in [3.63, 3.8) is 0 Å². The van der Waals surface area contributed by atoms with E-state index in [1.54, 1.807) is 15.9 Å². The van der Waals surface area contributed by atoms with Crippen molar-refractivity contribution in [1.82, 2.24) is 14.8 Å². The van der Waals surface area contributed by atoms with Crippen LogP contribution >= 0.6 is 11.6 Å². The van der Waals surface area contributed by atoms with Gasteiger partial charge in [0, 0.05) is 37.9 Å². The van der Waals surface area contributed by atoms with Crippen LogP contribution < -0.4 is 0 Å². The summed E-state index contributed by atoms with van der Waals surface area (Å²) < 4.78 is 4.64. The van der Waals surface area contributed by atoms with Crippen molar-refractivity contribution in [2.45, 2.75) is 0 Å². The second kappa shape index (κ2) is 5.88. The molecule has 0 spiro atoms. The van der Waals surface area contributed by atoms with Crippen LogP contribution in [0.3, 0.4) is 0 Å². The van der Waals surface area contributed by atoms with E-state index in [2.05, 4.69) is 9.72 Å². The molecule has 0 N–H and O–H groups in total. The Morgan fingerprint density at radius 2 is 1.89 bits per heavy atom. The predicted molar refractivity (Wildman–Crippen MR) is 69.1 cm³/mol. The highest BCUT2D eigenvalue weighted by Crippen LogP contribution is 2.12. The normalized spacial score (nSPS) is 15.3. The quantitative estimate of drug-likeness (QED) is 0.728. The molecule has 0 aliphatic carbocycles. The maximum atomic E-state index is 12.2. The van der Waals surface area contributed by atoms with Crippen LogP contribution in [0.25, 0.3) is 0 Å². The number of pyridine rings is 1. The molecule has 2 rings (SSSR count). The third-order valence-corrected chi connectivity index (χ3v) is 3.18. The van der Waals surface area contributed by atoms with E-state index in [9.17, 15) is 9.59 Å². The highest BCUT2D eigenvalue weighted by atomic mass is 35.5. The molecule has 2 amide bonds. The van der Waals surface area contributed by atoms with Crippen molar-refractivity contribution < 1.29 is 14.3 Å². The molecular weight excluding hydrogens is 270 g/mol. The molecule has 7 heteroatoms. The molecule has 0 unspecified atom stereocenters. The van der Waals surface area contributed by atoms with E-state index in [0.29, 0.717) is 36.9 Å². The summed E-state index contributed by atoms with van der Waals surface area (Å²) >= 11 is 5.76. The van der Waals surface area contributed by atoms with Crippen LogP contribution in [0.2, 0.25) is 5.15 Å². The molecule has 1 saturated heterocycles. The molecule has 1 aromatic heterocycles. The predicted octanol–water partition coefficient (Wildman–Crippen LogP) is 1.26. The minimum Gasteiger partial charge on any atom is -0.453 e. The molecule has 0 bridgehead atoms. The van der Waals surface area contributed by atoms with E-state index in [1.165, 1.54) is 19.4 Å². The highest BCUT2D eigenvalue weighted by Gasteiger charge is 2.25. The summed E-state index contributed by atoms with van der Waals surface area (Å²) in [6.45, 7) is 1.90. The first-order valence-corrected chi connectivity index (χ1v) is 6.23. The second-order valence-electron chi connectivity index (χ2n) is 4.12. The van der Waals surface area contributed by atoms with Gasteiger partial charge in [-0.25, -0.2) is 9.78 Å². The van der Waals surface area contributed by atoms with Gasteiger partial charge in [0.1, 0.15) is 5.15 Å². The van der Waals surface area contributed by atoms with Gasteiger partial charge < -0.3 is 14.5 Å². The number of carbonyl (C=O) groups excluding carboxylic acids is 2. The number of hydrogen-bond acceptors (Lipinski definition) is 4. The van der Waals surface area contributed by atoms with Crippen LogP contribution in [0.1, 0.15) is 10.4 Å². The summed E-state index contributed by atoms with van der Waals surface area (Å²) in [7, 11) is 1.35. The molecule has 19 heavy (non-hydrogen) atoms. The molecular formula is C12H14ClN3O3. The standard InChI is InChI=1S/C12H14ClN3O3/c1-19-12(18)16-6-4-15(5-7-16)11(17)9-2-3-14-10(13)8-9/h2-3,8H,4-7H2,1H3. The minimum atomic E-state index is -0.362. The minimum absolute atomic E-state index is 0.103. The van der Waals surface area contributed by atoms with Crippen LogP contribution in [0.4, 0.5) is 4.79 Å². The number of rotatable bonds is 1. The Kier molecular flexibility index (Phi) is 4.21. The van der Waals surface area contributed by atoms with Crippen molar-refractivity contribution in [3.8, 4) is 0 Å². The third kappa shape index (κ3) is 3.14. The Bertz CT molecular complexity index is 487. The SMILES string of the molecule is COC(=O)N1CCN(C(=O)c2ccnc(Cl)c2)CC1. The van der Waals surface area contributed by atoms with Gasteiger partial charge in [-0.3, -0.25) is 4.79 Å². The number of amides is 2. The van der Waals surface area contributed by atoms with Crippen LogP contribution in [0, 0.1) is 0 Å². The molecule has 102 valence electrons. The summed E-state index contributed by atoms with van der Waals surface area (Å²) in [6.07, 6.45) is 1.14. The average Bonchev–Trinajstić information content (AvgIpc) is 2.46. The van der Waals surface area contributed by atoms with Gasteiger partial charge in [-0.2, -0.15) is 0 Å². The number of hydrogen-bond donors (Lipinski definition) is 0. The number of methoxy groups -OCH3 is 1. The Morgan fingerprint density at radius 1 is 1.26 bits per heavy atom. The summed E-state index contributed by atoms with van der Waals surface area (Å²) in [6, 6.07) is 3.16. The van der Waals surface area contributed by atoms with Gasteiger partial charge in [-0.15, -0.1) is 0 Å². The van der Waals surface area contributed by atoms with Crippen molar-refractivity contribution in [2.24, 2.45) is 0 Å². The summed E-state index contributed by atoms with van der Waals surface area (Å²) in [5.41, 5.74) is 0.506. The van der Waals surface area contributed by atoms with Crippen molar-refractivity contribution >= 4 is 23.6 Å². The zero-order chi connectivity index (χ0) is 13.8. The first-order valence-electron chi connectivity index (χ1n) is 5.85. The molecule has 0 aromatic carbocycles. The van der Waals surface area contributed by atoms with E-state index in [1.807, 2.05) is 0 Å². The first kappa shape index (κ1) is 13.6. The monoisotopic (exact) mass is 283 g/mol. The second-order valence-corrected chi connectivity index (χ2v) is 4.50. The number of piperazine rings is 1. The van der Waals surface area contributed by atoms with Crippen molar-refractivity contribution in [1.29, 1.82) is 0 Å². The van der Waals surface area contributed by atoms with Gasteiger partial charge in [-0.05, 0) is 12.1 Å². The van der Waals surface area contributed by atoms with Crippen molar-refractivity contribution in [2.75, 3.05) is 33.3 Å². The lowest BCUT2D eigenvalue weighted by Gasteiger charge is -2.33. The number of aromatic nitrogens is 1. The van der Waals surface area contributed by atoms with Crippen LogP contribution in [0.5, 0.6) is 0 Å². The van der Waals surface area contributed by atoms with E-state index in [0.717, 1.165) is 0 Å². The van der Waals surface area contributed by atoms with Crippen LogP contribution in [0.15, 0.2) is 18.3 Å². The summed E-state index contributed by atoms with van der Waals surface area (Å²) in [4.78, 5) is 30.6. The molecule has 0 atom stereocenters. The maximum absolute atomic E-state index is 12.2. The van der Waals surface area contributed by atoms with Crippen molar-refractivity contribution in [3.05, 3.63) is 29.0 Å². The topological polar surface area (TPSA) is 62.7 Å². The fraction of sp³-hybridized carbons (Fsp3) is 0.417. The third-order valence-electron chi connectivity index (χ3n) is 2.97. The Labute approximate surface area is 115 Å².